The van der Waals surface area contributed by atoms with Crippen molar-refractivity contribution in [3.05, 3.63) is 65.2 Å². The van der Waals surface area contributed by atoms with Gasteiger partial charge in [0.05, 0.1) is 17.9 Å². The Morgan fingerprint density at radius 2 is 1.80 bits per heavy atom. The number of halogens is 3. The van der Waals surface area contributed by atoms with E-state index in [4.69, 9.17) is 4.74 Å². The highest BCUT2D eigenvalue weighted by molar-refractivity contribution is 6.04. The first-order valence-electron chi connectivity index (χ1n) is 8.10. The Bertz CT molecular complexity index is 735. The number of amides is 1. The first-order chi connectivity index (χ1) is 11.9. The second kappa shape index (κ2) is 7.27. The van der Waals surface area contributed by atoms with Crippen LogP contribution in [-0.2, 0) is 10.9 Å². The van der Waals surface area contributed by atoms with Crippen LogP contribution in [0.25, 0.3) is 0 Å². The summed E-state index contributed by atoms with van der Waals surface area (Å²) in [4.78, 5) is 12.3. The Morgan fingerprint density at radius 3 is 2.44 bits per heavy atom. The zero-order valence-corrected chi connectivity index (χ0v) is 13.5. The van der Waals surface area contributed by atoms with E-state index < -0.39 is 17.6 Å². The van der Waals surface area contributed by atoms with Crippen molar-refractivity contribution in [1.82, 2.24) is 0 Å². The van der Waals surface area contributed by atoms with Gasteiger partial charge in [0.2, 0.25) is 0 Å². The van der Waals surface area contributed by atoms with E-state index in [1.54, 1.807) is 12.1 Å². The molecule has 1 saturated heterocycles. The van der Waals surface area contributed by atoms with Gasteiger partial charge in [-0.1, -0.05) is 24.3 Å². The Morgan fingerprint density at radius 1 is 1.08 bits per heavy atom. The van der Waals surface area contributed by atoms with E-state index in [2.05, 4.69) is 5.32 Å². The molecule has 0 aromatic heterocycles. The van der Waals surface area contributed by atoms with Gasteiger partial charge in [0.25, 0.3) is 5.91 Å². The van der Waals surface area contributed by atoms with Crippen LogP contribution in [0.4, 0.5) is 18.9 Å². The van der Waals surface area contributed by atoms with Crippen molar-refractivity contribution < 1.29 is 22.7 Å². The fourth-order valence-corrected chi connectivity index (χ4v) is 2.94. The molecule has 2 aromatic rings. The van der Waals surface area contributed by atoms with E-state index in [1.807, 2.05) is 12.1 Å². The topological polar surface area (TPSA) is 38.3 Å². The molecule has 6 heteroatoms. The van der Waals surface area contributed by atoms with E-state index in [0.717, 1.165) is 31.1 Å². The summed E-state index contributed by atoms with van der Waals surface area (Å²) < 4.78 is 44.4. The van der Waals surface area contributed by atoms with Crippen LogP contribution in [0.1, 0.15) is 40.2 Å². The molecule has 3 rings (SSSR count). The van der Waals surface area contributed by atoms with Gasteiger partial charge in [-0.05, 0) is 42.7 Å². The van der Waals surface area contributed by atoms with Crippen LogP contribution in [-0.4, -0.2) is 19.1 Å². The number of hydrogen-bond acceptors (Lipinski definition) is 2. The summed E-state index contributed by atoms with van der Waals surface area (Å²) in [5.74, 6) is -0.264. The first kappa shape index (κ1) is 17.5. The Labute approximate surface area is 143 Å². The zero-order chi connectivity index (χ0) is 17.9. The van der Waals surface area contributed by atoms with Crippen molar-refractivity contribution in [2.24, 2.45) is 0 Å². The number of carbonyl (C=O) groups is 1. The Balaban J connectivity index is 1.74. The third-order valence-corrected chi connectivity index (χ3v) is 4.29. The minimum atomic E-state index is -4.52. The molecule has 25 heavy (non-hydrogen) atoms. The van der Waals surface area contributed by atoms with Crippen molar-refractivity contribution in [2.75, 3.05) is 18.5 Å². The highest BCUT2D eigenvalue weighted by Crippen LogP contribution is 2.34. The lowest BCUT2D eigenvalue weighted by Crippen LogP contribution is -2.17. The molecule has 1 N–H and O–H groups in total. The van der Waals surface area contributed by atoms with Gasteiger partial charge in [-0.15, -0.1) is 0 Å². The minimum Gasteiger partial charge on any atom is -0.381 e. The smallest absolute Gasteiger partial charge is 0.381 e. The quantitative estimate of drug-likeness (QED) is 0.860. The molecule has 0 saturated carbocycles. The molecule has 2 aromatic carbocycles. The van der Waals surface area contributed by atoms with Crippen molar-refractivity contribution in [1.29, 1.82) is 0 Å². The number of alkyl halides is 3. The minimum absolute atomic E-state index is 0.246. The van der Waals surface area contributed by atoms with E-state index in [1.165, 1.54) is 18.2 Å². The molecule has 132 valence electrons. The number of ether oxygens (including phenoxy) is 1. The van der Waals surface area contributed by atoms with Gasteiger partial charge in [0.15, 0.2) is 0 Å². The van der Waals surface area contributed by atoms with E-state index in [-0.39, 0.29) is 5.69 Å². The number of anilines is 1. The van der Waals surface area contributed by atoms with Crippen LogP contribution in [0.2, 0.25) is 0 Å². The van der Waals surface area contributed by atoms with Crippen LogP contribution >= 0.6 is 0 Å². The fourth-order valence-electron chi connectivity index (χ4n) is 2.94. The number of carbonyl (C=O) groups excluding carboxylic acids is 1. The number of benzene rings is 2. The van der Waals surface area contributed by atoms with Gasteiger partial charge in [0.1, 0.15) is 0 Å². The third kappa shape index (κ3) is 4.20. The second-order valence-corrected chi connectivity index (χ2v) is 6.03. The molecule has 1 unspecified atom stereocenters. The molecule has 1 atom stereocenters. The summed E-state index contributed by atoms with van der Waals surface area (Å²) in [6.45, 7) is 1.43. The molecule has 1 aliphatic heterocycles. The predicted octanol–water partition coefficient (Wildman–Crippen LogP) is 4.85. The van der Waals surface area contributed by atoms with Gasteiger partial charge < -0.3 is 10.1 Å². The molecule has 0 spiro atoms. The van der Waals surface area contributed by atoms with Gasteiger partial charge in [-0.2, -0.15) is 13.2 Å². The molecular weight excluding hydrogens is 331 g/mol. The highest BCUT2D eigenvalue weighted by Gasteiger charge is 2.33. The van der Waals surface area contributed by atoms with Gasteiger partial charge in [0, 0.05) is 18.1 Å². The SMILES string of the molecule is O=C(Nc1ccccc1C(F)(F)F)c1ccc(C2CCCOC2)cc1. The largest absolute Gasteiger partial charge is 0.418 e. The number of rotatable bonds is 3. The van der Waals surface area contributed by atoms with E-state index in [0.29, 0.717) is 18.1 Å². The van der Waals surface area contributed by atoms with Crippen LogP contribution in [0.15, 0.2) is 48.5 Å². The standard InChI is InChI=1S/C19H18F3NO2/c20-19(21,22)16-5-1-2-6-17(16)23-18(24)14-9-7-13(8-10-14)15-4-3-11-25-12-15/h1-2,5-10,15H,3-4,11-12H2,(H,23,24). The van der Waals surface area contributed by atoms with Crippen molar-refractivity contribution in [2.45, 2.75) is 24.9 Å². The maximum Gasteiger partial charge on any atom is 0.418 e. The van der Waals surface area contributed by atoms with Crippen molar-refractivity contribution in [3.63, 3.8) is 0 Å². The molecule has 1 amide bonds. The summed E-state index contributed by atoms with van der Waals surface area (Å²) in [5, 5.41) is 2.35. The summed E-state index contributed by atoms with van der Waals surface area (Å²) in [6.07, 6.45) is -2.49. The van der Waals surface area contributed by atoms with Gasteiger partial charge in [-0.3, -0.25) is 4.79 Å². The molecule has 1 fully saturated rings. The average molecular weight is 349 g/mol. The number of hydrogen-bond donors (Lipinski definition) is 1. The van der Waals surface area contributed by atoms with Crippen molar-refractivity contribution in [3.8, 4) is 0 Å². The maximum absolute atomic E-state index is 13.0. The van der Waals surface area contributed by atoms with E-state index >= 15 is 0 Å². The van der Waals surface area contributed by atoms with E-state index in [9.17, 15) is 18.0 Å². The van der Waals surface area contributed by atoms with Crippen LogP contribution in [0.5, 0.6) is 0 Å². The normalized spacial score (nSPS) is 18.0. The third-order valence-electron chi connectivity index (χ3n) is 4.29. The van der Waals surface area contributed by atoms with Gasteiger partial charge in [-0.25, -0.2) is 0 Å². The maximum atomic E-state index is 13.0. The fraction of sp³-hybridized carbons (Fsp3) is 0.316. The molecule has 1 heterocycles. The molecule has 0 radical (unpaired) electrons. The monoisotopic (exact) mass is 349 g/mol. The molecule has 0 aliphatic carbocycles. The predicted molar refractivity (Wildman–Crippen MR) is 88.6 cm³/mol. The first-order valence-corrected chi connectivity index (χ1v) is 8.10. The lowest BCUT2D eigenvalue weighted by Gasteiger charge is -2.22. The lowest BCUT2D eigenvalue weighted by molar-refractivity contribution is -0.136. The second-order valence-electron chi connectivity index (χ2n) is 6.03. The van der Waals surface area contributed by atoms with Gasteiger partial charge >= 0.3 is 6.18 Å². The molecule has 0 bridgehead atoms. The molecular formula is C19H18F3NO2. The molecule has 3 nitrogen and oxygen atoms in total. The molecule has 1 aliphatic rings. The zero-order valence-electron chi connectivity index (χ0n) is 13.5. The summed E-state index contributed by atoms with van der Waals surface area (Å²) in [5.41, 5.74) is 0.286. The number of para-hydroxylation sites is 1. The number of nitrogens with one attached hydrogen (secondary N) is 1. The highest BCUT2D eigenvalue weighted by atomic mass is 19.4. The van der Waals surface area contributed by atoms with Crippen LogP contribution in [0, 0.1) is 0 Å². The lowest BCUT2D eigenvalue weighted by atomic mass is 9.93. The average Bonchev–Trinajstić information content (AvgIpc) is 2.62. The van der Waals surface area contributed by atoms with Crippen LogP contribution < -0.4 is 5.32 Å². The summed E-state index contributed by atoms with van der Waals surface area (Å²) in [6, 6.07) is 11.9. The van der Waals surface area contributed by atoms with Crippen molar-refractivity contribution >= 4 is 11.6 Å². The summed E-state index contributed by atoms with van der Waals surface area (Å²) >= 11 is 0. The van der Waals surface area contributed by atoms with Crippen LogP contribution in [0.3, 0.4) is 0 Å². The Kier molecular flexibility index (Phi) is 5.08. The Hall–Kier alpha value is -2.34. The summed E-state index contributed by atoms with van der Waals surface area (Å²) in [7, 11) is 0.